The van der Waals surface area contributed by atoms with Gasteiger partial charge in [-0.25, -0.2) is 8.78 Å². The summed E-state index contributed by atoms with van der Waals surface area (Å²) in [6.07, 6.45) is 1.00. The summed E-state index contributed by atoms with van der Waals surface area (Å²) in [4.78, 5) is 4.38. The largest absolute Gasteiger partial charge is 0.332 e. The van der Waals surface area contributed by atoms with Gasteiger partial charge in [-0.05, 0) is 25.5 Å². The van der Waals surface area contributed by atoms with Crippen LogP contribution in [-0.4, -0.2) is 16.5 Å². The van der Waals surface area contributed by atoms with Gasteiger partial charge < -0.3 is 5.32 Å². The van der Waals surface area contributed by atoms with Crippen LogP contribution >= 0.6 is 11.8 Å². The van der Waals surface area contributed by atoms with Gasteiger partial charge >= 0.3 is 0 Å². The summed E-state index contributed by atoms with van der Waals surface area (Å²) in [6.45, 7) is 4.11. The molecule has 2 atom stereocenters. The molecule has 17 heavy (non-hydrogen) atoms. The van der Waals surface area contributed by atoms with Crippen molar-refractivity contribution in [3.63, 3.8) is 0 Å². The Balaban J connectivity index is 2.18. The number of nitrogens with one attached hydrogen (secondary N) is 1. The third-order valence-corrected chi connectivity index (χ3v) is 3.52. The Morgan fingerprint density at radius 2 is 2.12 bits per heavy atom. The molecule has 2 unspecified atom stereocenters. The lowest BCUT2D eigenvalue weighted by Crippen LogP contribution is -2.23. The van der Waals surface area contributed by atoms with Crippen molar-refractivity contribution in [3.05, 3.63) is 29.8 Å². The van der Waals surface area contributed by atoms with E-state index in [1.807, 2.05) is 6.92 Å². The van der Waals surface area contributed by atoms with Crippen LogP contribution in [0, 0.1) is 11.6 Å². The lowest BCUT2D eigenvalue weighted by atomic mass is 10.2. The van der Waals surface area contributed by atoms with E-state index in [4.69, 9.17) is 0 Å². The number of amidine groups is 1. The van der Waals surface area contributed by atoms with Gasteiger partial charge in [-0.2, -0.15) is 0 Å². The smallest absolute Gasteiger partial charge is 0.161 e. The molecule has 1 aromatic carbocycles. The minimum atomic E-state index is -0.472. The van der Waals surface area contributed by atoms with Crippen LogP contribution in [0.5, 0.6) is 0 Å². The number of hydrogen-bond acceptors (Lipinski definition) is 3. The van der Waals surface area contributed by atoms with Crippen LogP contribution in [0.1, 0.15) is 20.3 Å². The highest BCUT2D eigenvalue weighted by Crippen LogP contribution is 2.26. The molecule has 2 rings (SSSR count). The molecular weight excluding hydrogens is 242 g/mol. The van der Waals surface area contributed by atoms with E-state index in [1.54, 1.807) is 11.8 Å². The van der Waals surface area contributed by atoms with Gasteiger partial charge in [0.25, 0.3) is 0 Å². The van der Waals surface area contributed by atoms with Crippen molar-refractivity contribution in [2.75, 3.05) is 5.32 Å². The van der Waals surface area contributed by atoms with Crippen molar-refractivity contribution in [1.29, 1.82) is 0 Å². The summed E-state index contributed by atoms with van der Waals surface area (Å²) >= 11 is 1.55. The van der Waals surface area contributed by atoms with Gasteiger partial charge in [0.05, 0.1) is 11.7 Å². The molecule has 0 spiro atoms. The molecule has 1 N–H and O–H groups in total. The van der Waals surface area contributed by atoms with Crippen LogP contribution in [-0.2, 0) is 0 Å². The van der Waals surface area contributed by atoms with E-state index in [9.17, 15) is 8.78 Å². The Morgan fingerprint density at radius 1 is 1.35 bits per heavy atom. The van der Waals surface area contributed by atoms with E-state index in [1.165, 1.54) is 0 Å². The van der Waals surface area contributed by atoms with Gasteiger partial charge in [-0.3, -0.25) is 4.99 Å². The molecule has 0 saturated heterocycles. The number of hydrogen-bond donors (Lipinski definition) is 1. The van der Waals surface area contributed by atoms with E-state index in [2.05, 4.69) is 17.2 Å². The van der Waals surface area contributed by atoms with Crippen LogP contribution < -0.4 is 5.32 Å². The molecule has 1 heterocycles. The maximum absolute atomic E-state index is 13.4. The van der Waals surface area contributed by atoms with Crippen LogP contribution in [0.15, 0.2) is 23.2 Å². The molecule has 2 nitrogen and oxygen atoms in total. The highest BCUT2D eigenvalue weighted by atomic mass is 32.2. The first-order chi connectivity index (χ1) is 8.04. The molecular formula is C12H14F2N2S. The Morgan fingerprint density at radius 3 is 2.82 bits per heavy atom. The van der Waals surface area contributed by atoms with E-state index >= 15 is 0 Å². The number of aliphatic imine (C=N–C) groups is 1. The van der Waals surface area contributed by atoms with Gasteiger partial charge in [-0.1, -0.05) is 18.7 Å². The first-order valence-electron chi connectivity index (χ1n) is 5.51. The molecule has 1 aromatic rings. The molecule has 0 saturated carbocycles. The first-order valence-corrected chi connectivity index (χ1v) is 6.39. The highest BCUT2D eigenvalue weighted by molar-refractivity contribution is 8.14. The number of anilines is 1. The fourth-order valence-electron chi connectivity index (χ4n) is 1.77. The summed E-state index contributed by atoms with van der Waals surface area (Å²) in [5.74, 6) is -0.933. The predicted octanol–water partition coefficient (Wildman–Crippen LogP) is 3.65. The molecule has 0 radical (unpaired) electrons. The van der Waals surface area contributed by atoms with E-state index < -0.39 is 11.6 Å². The molecule has 0 amide bonds. The van der Waals surface area contributed by atoms with Crippen molar-refractivity contribution < 1.29 is 8.78 Å². The Hall–Kier alpha value is -1.10. The number of halogens is 2. The van der Waals surface area contributed by atoms with Crippen LogP contribution in [0.2, 0.25) is 0 Å². The fraction of sp³-hybridized carbons (Fsp3) is 0.417. The van der Waals surface area contributed by atoms with Crippen molar-refractivity contribution in [3.8, 4) is 0 Å². The highest BCUT2D eigenvalue weighted by Gasteiger charge is 2.19. The van der Waals surface area contributed by atoms with Crippen molar-refractivity contribution in [2.24, 2.45) is 4.99 Å². The van der Waals surface area contributed by atoms with Crippen molar-refractivity contribution in [2.45, 2.75) is 31.6 Å². The van der Waals surface area contributed by atoms with Gasteiger partial charge in [0.2, 0.25) is 0 Å². The number of nitrogens with zero attached hydrogens (tertiary/aromatic N) is 1. The second-order valence-electron chi connectivity index (χ2n) is 4.20. The minimum Gasteiger partial charge on any atom is -0.332 e. The third kappa shape index (κ3) is 3.19. The number of rotatable bonds is 1. The molecule has 1 aliphatic heterocycles. The maximum atomic E-state index is 13.4. The Kier molecular flexibility index (Phi) is 3.66. The van der Waals surface area contributed by atoms with Crippen LogP contribution in [0.25, 0.3) is 0 Å². The Bertz CT molecular complexity index is 448. The standard InChI is InChI=1S/C12H14F2N2S/c1-7-5-8(2)17-12(15-7)16-11-6-9(13)3-4-10(11)14/h3-4,6-8H,5H2,1-2H3,(H,15,16). The summed E-state index contributed by atoms with van der Waals surface area (Å²) in [5.41, 5.74) is 0.137. The predicted molar refractivity (Wildman–Crippen MR) is 68.5 cm³/mol. The average molecular weight is 256 g/mol. The second-order valence-corrected chi connectivity index (χ2v) is 5.62. The van der Waals surface area contributed by atoms with Crippen molar-refractivity contribution >= 4 is 22.6 Å². The molecule has 92 valence electrons. The van der Waals surface area contributed by atoms with Crippen molar-refractivity contribution in [1.82, 2.24) is 0 Å². The summed E-state index contributed by atoms with van der Waals surface area (Å²) in [5, 5.41) is 3.93. The van der Waals surface area contributed by atoms with Gasteiger partial charge in [0.1, 0.15) is 11.6 Å². The van der Waals surface area contributed by atoms with Crippen LogP contribution in [0.4, 0.5) is 14.5 Å². The topological polar surface area (TPSA) is 24.4 Å². The van der Waals surface area contributed by atoms with Gasteiger partial charge in [0.15, 0.2) is 5.17 Å². The van der Waals surface area contributed by atoms with E-state index in [0.717, 1.165) is 24.6 Å². The van der Waals surface area contributed by atoms with E-state index in [-0.39, 0.29) is 11.7 Å². The molecule has 0 aliphatic carbocycles. The molecule has 1 aliphatic rings. The van der Waals surface area contributed by atoms with Gasteiger partial charge in [-0.15, -0.1) is 0 Å². The van der Waals surface area contributed by atoms with Crippen LogP contribution in [0.3, 0.4) is 0 Å². The number of thioether (sulfide) groups is 1. The maximum Gasteiger partial charge on any atom is 0.161 e. The average Bonchev–Trinajstić information content (AvgIpc) is 2.22. The number of benzene rings is 1. The fourth-order valence-corrected chi connectivity index (χ4v) is 2.94. The van der Waals surface area contributed by atoms with Gasteiger partial charge in [0, 0.05) is 11.3 Å². The molecule has 0 bridgehead atoms. The quantitative estimate of drug-likeness (QED) is 0.829. The normalized spacial score (nSPS) is 24.4. The molecule has 0 aromatic heterocycles. The molecule has 0 fully saturated rings. The summed E-state index contributed by atoms with van der Waals surface area (Å²) in [6, 6.07) is 3.56. The SMILES string of the molecule is CC1CC(C)SC(Nc2cc(F)ccc2F)=N1. The third-order valence-electron chi connectivity index (χ3n) is 2.49. The zero-order chi connectivity index (χ0) is 12.4. The minimum absolute atomic E-state index is 0.137. The summed E-state index contributed by atoms with van der Waals surface area (Å²) < 4.78 is 26.4. The second kappa shape index (κ2) is 5.04. The zero-order valence-corrected chi connectivity index (χ0v) is 10.5. The first kappa shape index (κ1) is 12.4. The summed E-state index contributed by atoms with van der Waals surface area (Å²) in [7, 11) is 0. The zero-order valence-electron chi connectivity index (χ0n) is 9.71. The Labute approximate surface area is 104 Å². The lowest BCUT2D eigenvalue weighted by Gasteiger charge is -2.23. The monoisotopic (exact) mass is 256 g/mol. The van der Waals surface area contributed by atoms with E-state index in [0.29, 0.717) is 10.4 Å². The molecule has 5 heteroatoms. The lowest BCUT2D eigenvalue weighted by molar-refractivity contribution is 0.604.